The Morgan fingerprint density at radius 2 is 1.64 bits per heavy atom. The van der Waals surface area contributed by atoms with Crippen LogP contribution in [0, 0.1) is 0 Å². The van der Waals surface area contributed by atoms with Gasteiger partial charge in [0.25, 0.3) is 5.91 Å². The molecule has 8 nitrogen and oxygen atoms in total. The van der Waals surface area contributed by atoms with Crippen LogP contribution in [0.2, 0.25) is 10.0 Å². The van der Waals surface area contributed by atoms with Crippen molar-refractivity contribution < 1.29 is 23.9 Å². The molecule has 2 amide bonds. The summed E-state index contributed by atoms with van der Waals surface area (Å²) in [5.41, 5.74) is 4.13. The maximum absolute atomic E-state index is 13.4. The minimum atomic E-state index is -0.504. The molecule has 0 aliphatic carbocycles. The summed E-state index contributed by atoms with van der Waals surface area (Å²) in [5.74, 6) is -0.309. The fraction of sp³-hybridized carbons (Fsp3) is 0.324. The Morgan fingerprint density at radius 3 is 2.30 bits per heavy atom. The number of ether oxygens (including phenoxy) is 2. The van der Waals surface area contributed by atoms with Gasteiger partial charge in [-0.2, -0.15) is 0 Å². The third kappa shape index (κ3) is 6.56. The van der Waals surface area contributed by atoms with Gasteiger partial charge in [-0.15, -0.1) is 0 Å². The van der Waals surface area contributed by atoms with Crippen LogP contribution in [0.25, 0.3) is 0 Å². The van der Waals surface area contributed by atoms with Gasteiger partial charge >= 0.3 is 5.97 Å². The first-order chi connectivity index (χ1) is 21.2. The molecule has 0 bridgehead atoms. The van der Waals surface area contributed by atoms with Gasteiger partial charge in [-0.05, 0) is 61.4 Å². The zero-order valence-corrected chi connectivity index (χ0v) is 26.5. The second-order valence-corrected chi connectivity index (χ2v) is 11.6. The second kappa shape index (κ2) is 13.7. The molecule has 2 heterocycles. The predicted molar refractivity (Wildman–Crippen MR) is 171 cm³/mol. The number of carbonyl (C=O) groups is 3. The van der Waals surface area contributed by atoms with Gasteiger partial charge in [0.1, 0.15) is 5.75 Å². The molecule has 3 aromatic carbocycles. The molecule has 10 heteroatoms. The molecule has 44 heavy (non-hydrogen) atoms. The lowest BCUT2D eigenvalue weighted by atomic mass is 9.83. The number of esters is 1. The van der Waals surface area contributed by atoms with Crippen molar-refractivity contribution in [2.75, 3.05) is 44.8 Å². The van der Waals surface area contributed by atoms with Crippen LogP contribution in [0.3, 0.4) is 0 Å². The molecule has 1 unspecified atom stereocenters. The van der Waals surface area contributed by atoms with Crippen molar-refractivity contribution in [3.05, 3.63) is 105 Å². The van der Waals surface area contributed by atoms with Gasteiger partial charge < -0.3 is 24.2 Å². The summed E-state index contributed by atoms with van der Waals surface area (Å²) in [6, 6.07) is 20.3. The van der Waals surface area contributed by atoms with Gasteiger partial charge in [-0.1, -0.05) is 53.5 Å². The predicted octanol–water partition coefficient (Wildman–Crippen LogP) is 6.32. The van der Waals surface area contributed by atoms with E-state index < -0.39 is 11.9 Å². The van der Waals surface area contributed by atoms with Gasteiger partial charge in [0, 0.05) is 49.8 Å². The molecule has 230 valence electrons. The molecule has 0 spiro atoms. The minimum absolute atomic E-state index is 0.0320. The summed E-state index contributed by atoms with van der Waals surface area (Å²) in [4.78, 5) is 45.6. The normalized spacial score (nSPS) is 17.2. The van der Waals surface area contributed by atoms with Gasteiger partial charge in [0.15, 0.2) is 0 Å². The van der Waals surface area contributed by atoms with E-state index in [-0.39, 0.29) is 31.4 Å². The Kier molecular flexibility index (Phi) is 9.81. The first-order valence-corrected chi connectivity index (χ1v) is 15.4. The fourth-order valence-corrected chi connectivity index (χ4v) is 6.16. The highest BCUT2D eigenvalue weighted by molar-refractivity contribution is 6.42. The first kappa shape index (κ1) is 31.4. The Hall–Kier alpha value is -4.01. The lowest BCUT2D eigenvalue weighted by Gasteiger charge is -2.36. The molecule has 1 atom stereocenters. The molecule has 3 aromatic rings. The highest BCUT2D eigenvalue weighted by Crippen LogP contribution is 2.39. The number of rotatable bonds is 8. The summed E-state index contributed by atoms with van der Waals surface area (Å²) in [7, 11) is 1.66. The van der Waals surface area contributed by atoms with E-state index in [0.29, 0.717) is 53.1 Å². The quantitative estimate of drug-likeness (QED) is 0.270. The number of hydrogen-bond donors (Lipinski definition) is 0. The minimum Gasteiger partial charge on any atom is -0.495 e. The number of para-hydroxylation sites is 2. The van der Waals surface area contributed by atoms with Crippen molar-refractivity contribution in [3.8, 4) is 5.75 Å². The van der Waals surface area contributed by atoms with Crippen molar-refractivity contribution >= 4 is 46.7 Å². The number of halogens is 2. The molecule has 1 fully saturated rings. The third-order valence-corrected chi connectivity index (χ3v) is 8.94. The number of anilines is 1. The smallest absolute Gasteiger partial charge is 0.336 e. The summed E-state index contributed by atoms with van der Waals surface area (Å²) >= 11 is 12.4. The number of piperazine rings is 1. The monoisotopic (exact) mass is 635 g/mol. The van der Waals surface area contributed by atoms with Crippen LogP contribution in [0.15, 0.2) is 78.0 Å². The summed E-state index contributed by atoms with van der Waals surface area (Å²) in [6.45, 7) is 6.59. The van der Waals surface area contributed by atoms with Gasteiger partial charge in [-0.25, -0.2) is 4.79 Å². The van der Waals surface area contributed by atoms with Crippen molar-refractivity contribution in [3.63, 3.8) is 0 Å². The van der Waals surface area contributed by atoms with Crippen LogP contribution in [0.5, 0.6) is 5.75 Å². The number of amides is 2. The van der Waals surface area contributed by atoms with E-state index in [2.05, 4.69) is 4.90 Å². The molecular formula is C34H35Cl2N3O5. The van der Waals surface area contributed by atoms with Gasteiger partial charge in [-0.3, -0.25) is 9.59 Å². The van der Waals surface area contributed by atoms with Gasteiger partial charge in [0.05, 0.1) is 41.6 Å². The zero-order valence-electron chi connectivity index (χ0n) is 25.0. The highest BCUT2D eigenvalue weighted by atomic mass is 35.5. The lowest BCUT2D eigenvalue weighted by molar-refractivity contribution is -0.140. The topological polar surface area (TPSA) is 79.4 Å². The van der Waals surface area contributed by atoms with E-state index in [0.717, 1.165) is 22.6 Å². The van der Waals surface area contributed by atoms with Crippen LogP contribution in [-0.2, 0) is 20.9 Å². The number of carbonyl (C=O) groups excluding carboxylic acids is 3. The summed E-state index contributed by atoms with van der Waals surface area (Å²) in [6.07, 6.45) is 0.0842. The van der Waals surface area contributed by atoms with E-state index in [1.807, 2.05) is 41.3 Å². The lowest BCUT2D eigenvalue weighted by Crippen LogP contribution is -2.48. The van der Waals surface area contributed by atoms with E-state index in [1.165, 1.54) is 0 Å². The van der Waals surface area contributed by atoms with E-state index in [4.69, 9.17) is 32.7 Å². The molecule has 2 aliphatic heterocycles. The number of nitrogens with zero attached hydrogens (tertiary/aromatic N) is 3. The number of methoxy groups -OCH3 is 1. The number of benzene rings is 3. The van der Waals surface area contributed by atoms with Crippen LogP contribution in [-0.4, -0.2) is 67.5 Å². The Balaban J connectivity index is 1.29. The third-order valence-electron chi connectivity index (χ3n) is 8.20. The molecular weight excluding hydrogens is 601 g/mol. The molecule has 5 rings (SSSR count). The van der Waals surface area contributed by atoms with Crippen LogP contribution < -0.4 is 9.64 Å². The molecule has 0 saturated carbocycles. The Bertz CT molecular complexity index is 1580. The Morgan fingerprint density at radius 1 is 0.932 bits per heavy atom. The van der Waals surface area contributed by atoms with Crippen molar-refractivity contribution in [2.45, 2.75) is 32.7 Å². The van der Waals surface area contributed by atoms with Crippen molar-refractivity contribution in [1.82, 2.24) is 9.80 Å². The van der Waals surface area contributed by atoms with Gasteiger partial charge in [0.2, 0.25) is 5.91 Å². The second-order valence-electron chi connectivity index (χ2n) is 10.8. The van der Waals surface area contributed by atoms with Crippen LogP contribution in [0.1, 0.15) is 47.7 Å². The molecule has 0 aromatic heterocycles. The Labute approximate surface area is 267 Å². The van der Waals surface area contributed by atoms with E-state index in [1.54, 1.807) is 56.2 Å². The molecule has 2 aliphatic rings. The molecule has 1 saturated heterocycles. The standard InChI is InChI=1S/C34H35Cl2N3O5/c1-4-44-34(42)32-22(2)39(31(40)20-26(32)25-13-14-27(35)28(36)19-25)21-23-9-11-24(12-10-23)33(41)38-17-15-37(16-18-38)29-7-5-6-8-30(29)43-3/h5-14,19,26H,4,15-18,20-21H2,1-3H3. The van der Waals surface area contributed by atoms with Crippen molar-refractivity contribution in [2.24, 2.45) is 0 Å². The number of hydrogen-bond acceptors (Lipinski definition) is 6. The average molecular weight is 637 g/mol. The molecule has 0 N–H and O–H groups in total. The maximum atomic E-state index is 13.4. The SMILES string of the molecule is CCOC(=O)C1=C(C)N(Cc2ccc(C(=O)N3CCN(c4ccccc4OC)CC3)cc2)C(=O)CC1c1ccc(Cl)c(Cl)c1. The van der Waals surface area contributed by atoms with Crippen LogP contribution in [0.4, 0.5) is 5.69 Å². The highest BCUT2D eigenvalue weighted by Gasteiger charge is 2.37. The van der Waals surface area contributed by atoms with E-state index in [9.17, 15) is 14.4 Å². The maximum Gasteiger partial charge on any atom is 0.336 e. The summed E-state index contributed by atoms with van der Waals surface area (Å²) < 4.78 is 10.9. The summed E-state index contributed by atoms with van der Waals surface area (Å²) in [5, 5.41) is 0.752. The average Bonchev–Trinajstić information content (AvgIpc) is 3.04. The number of allylic oxidation sites excluding steroid dienone is 1. The molecule has 0 radical (unpaired) electrons. The van der Waals surface area contributed by atoms with Crippen molar-refractivity contribution in [1.29, 1.82) is 0 Å². The first-order valence-electron chi connectivity index (χ1n) is 14.6. The zero-order chi connectivity index (χ0) is 31.4. The van der Waals surface area contributed by atoms with E-state index >= 15 is 0 Å². The van der Waals surface area contributed by atoms with Crippen LogP contribution >= 0.6 is 23.2 Å². The fourth-order valence-electron chi connectivity index (χ4n) is 5.85. The largest absolute Gasteiger partial charge is 0.495 e.